The zero-order valence-electron chi connectivity index (χ0n) is 13.1. The monoisotopic (exact) mass is 314 g/mol. The first kappa shape index (κ1) is 15.6. The number of carbonyl (C=O) groups excluding carboxylic acids is 1. The highest BCUT2D eigenvalue weighted by Gasteiger charge is 2.15. The third-order valence-electron chi connectivity index (χ3n) is 3.86. The van der Waals surface area contributed by atoms with Crippen LogP contribution in [0, 0.1) is 0 Å². The number of furan rings is 1. The summed E-state index contributed by atoms with van der Waals surface area (Å²) in [4.78, 5) is 18.4. The zero-order chi connectivity index (χ0) is 15.9. The summed E-state index contributed by atoms with van der Waals surface area (Å²) >= 11 is 0. The van der Waals surface area contributed by atoms with E-state index in [1.54, 1.807) is 18.5 Å². The zero-order valence-corrected chi connectivity index (χ0v) is 13.1. The summed E-state index contributed by atoms with van der Waals surface area (Å²) in [7, 11) is 0. The second kappa shape index (κ2) is 7.78. The fourth-order valence-electron chi connectivity index (χ4n) is 2.68. The molecule has 3 heterocycles. The normalized spacial score (nSPS) is 14.8. The molecule has 0 radical (unpaired) electrons. The molecular formula is C17H22N4O2. The summed E-state index contributed by atoms with van der Waals surface area (Å²) in [5, 5.41) is 6.04. The van der Waals surface area contributed by atoms with Gasteiger partial charge in [-0.1, -0.05) is 0 Å². The van der Waals surface area contributed by atoms with Crippen molar-refractivity contribution < 1.29 is 9.21 Å². The first-order valence-corrected chi connectivity index (χ1v) is 8.04. The molecule has 6 heteroatoms. The van der Waals surface area contributed by atoms with Gasteiger partial charge in [0.25, 0.3) is 5.91 Å². The Balaban J connectivity index is 1.40. The van der Waals surface area contributed by atoms with Crippen molar-refractivity contribution in [3.8, 4) is 0 Å². The Morgan fingerprint density at radius 3 is 2.87 bits per heavy atom. The Labute approximate surface area is 135 Å². The molecule has 1 amide bonds. The smallest absolute Gasteiger partial charge is 0.287 e. The predicted molar refractivity (Wildman–Crippen MR) is 88.3 cm³/mol. The van der Waals surface area contributed by atoms with Gasteiger partial charge in [-0.3, -0.25) is 14.7 Å². The number of hydrogen-bond donors (Lipinski definition) is 2. The van der Waals surface area contributed by atoms with Gasteiger partial charge < -0.3 is 15.1 Å². The molecule has 1 fully saturated rings. The summed E-state index contributed by atoms with van der Waals surface area (Å²) in [5.74, 6) is 1.05. The third kappa shape index (κ3) is 4.56. The van der Waals surface area contributed by atoms with Gasteiger partial charge in [0.2, 0.25) is 0 Å². The van der Waals surface area contributed by atoms with Crippen LogP contribution in [-0.4, -0.2) is 42.0 Å². The molecule has 0 saturated carbocycles. The molecule has 2 aromatic heterocycles. The Morgan fingerprint density at radius 1 is 1.22 bits per heavy atom. The van der Waals surface area contributed by atoms with Gasteiger partial charge in [0.05, 0.1) is 12.2 Å². The second-order valence-corrected chi connectivity index (χ2v) is 5.67. The van der Waals surface area contributed by atoms with Gasteiger partial charge in [-0.25, -0.2) is 0 Å². The first-order chi connectivity index (χ1) is 11.3. The lowest BCUT2D eigenvalue weighted by Gasteiger charge is -2.11. The van der Waals surface area contributed by atoms with E-state index < -0.39 is 0 Å². The Kier molecular flexibility index (Phi) is 5.26. The molecule has 1 aliphatic heterocycles. The van der Waals surface area contributed by atoms with Crippen molar-refractivity contribution >= 4 is 11.6 Å². The number of nitrogens with zero attached hydrogens (tertiary/aromatic N) is 2. The van der Waals surface area contributed by atoms with Gasteiger partial charge in [0.1, 0.15) is 5.76 Å². The number of amides is 1. The SMILES string of the molecule is O=C(NCCNc1cccnc1)c1ccc(CN2CCCC2)o1. The van der Waals surface area contributed by atoms with E-state index in [9.17, 15) is 4.79 Å². The van der Waals surface area contributed by atoms with Crippen molar-refractivity contribution in [2.24, 2.45) is 0 Å². The second-order valence-electron chi connectivity index (χ2n) is 5.67. The number of hydrogen-bond acceptors (Lipinski definition) is 5. The van der Waals surface area contributed by atoms with E-state index >= 15 is 0 Å². The highest BCUT2D eigenvalue weighted by Crippen LogP contribution is 2.15. The maximum Gasteiger partial charge on any atom is 0.287 e. The lowest BCUT2D eigenvalue weighted by atomic mass is 10.4. The van der Waals surface area contributed by atoms with Gasteiger partial charge >= 0.3 is 0 Å². The highest BCUT2D eigenvalue weighted by atomic mass is 16.4. The van der Waals surface area contributed by atoms with Crippen molar-refractivity contribution in [3.05, 3.63) is 48.2 Å². The number of carbonyl (C=O) groups is 1. The van der Waals surface area contributed by atoms with E-state index in [2.05, 4.69) is 20.5 Å². The molecule has 1 saturated heterocycles. The van der Waals surface area contributed by atoms with E-state index in [4.69, 9.17) is 4.42 Å². The summed E-state index contributed by atoms with van der Waals surface area (Å²) in [6.07, 6.45) is 5.97. The van der Waals surface area contributed by atoms with E-state index in [0.717, 1.165) is 31.1 Å². The maximum absolute atomic E-state index is 12.0. The molecule has 0 spiro atoms. The van der Waals surface area contributed by atoms with Crippen molar-refractivity contribution in [3.63, 3.8) is 0 Å². The van der Waals surface area contributed by atoms with Crippen molar-refractivity contribution in [1.29, 1.82) is 0 Å². The average molecular weight is 314 g/mol. The Bertz CT molecular complexity index is 621. The van der Waals surface area contributed by atoms with Crippen LogP contribution >= 0.6 is 0 Å². The largest absolute Gasteiger partial charge is 0.455 e. The molecule has 0 bridgehead atoms. The molecule has 2 aromatic rings. The molecule has 0 aromatic carbocycles. The lowest BCUT2D eigenvalue weighted by molar-refractivity contribution is 0.0924. The number of nitrogens with one attached hydrogen (secondary N) is 2. The van der Waals surface area contributed by atoms with Crippen LogP contribution in [0.2, 0.25) is 0 Å². The van der Waals surface area contributed by atoms with E-state index in [1.165, 1.54) is 12.8 Å². The Morgan fingerprint density at radius 2 is 2.09 bits per heavy atom. The molecular weight excluding hydrogens is 292 g/mol. The summed E-state index contributed by atoms with van der Waals surface area (Å²) in [5.41, 5.74) is 0.938. The molecule has 1 aliphatic rings. The van der Waals surface area contributed by atoms with Crippen LogP contribution in [0.3, 0.4) is 0 Å². The molecule has 0 unspecified atom stereocenters. The van der Waals surface area contributed by atoms with Crippen LogP contribution in [0.15, 0.2) is 41.1 Å². The van der Waals surface area contributed by atoms with E-state index in [0.29, 0.717) is 18.8 Å². The Hall–Kier alpha value is -2.34. The third-order valence-corrected chi connectivity index (χ3v) is 3.86. The van der Waals surface area contributed by atoms with Crippen LogP contribution < -0.4 is 10.6 Å². The molecule has 0 atom stereocenters. The highest BCUT2D eigenvalue weighted by molar-refractivity contribution is 5.91. The predicted octanol–water partition coefficient (Wildman–Crippen LogP) is 2.11. The van der Waals surface area contributed by atoms with Crippen LogP contribution in [0.5, 0.6) is 0 Å². The molecule has 2 N–H and O–H groups in total. The minimum absolute atomic E-state index is 0.175. The lowest BCUT2D eigenvalue weighted by Crippen LogP contribution is -2.28. The van der Waals surface area contributed by atoms with Crippen LogP contribution in [0.1, 0.15) is 29.2 Å². The van der Waals surface area contributed by atoms with Crippen LogP contribution in [0.4, 0.5) is 5.69 Å². The number of pyridine rings is 1. The summed E-state index contributed by atoms with van der Waals surface area (Å²) in [6.45, 7) is 4.18. The molecule has 0 aliphatic carbocycles. The number of rotatable bonds is 7. The summed E-state index contributed by atoms with van der Waals surface area (Å²) in [6, 6.07) is 7.44. The number of anilines is 1. The summed E-state index contributed by atoms with van der Waals surface area (Å²) < 4.78 is 5.64. The van der Waals surface area contributed by atoms with Crippen LogP contribution in [0.25, 0.3) is 0 Å². The van der Waals surface area contributed by atoms with Gasteiger partial charge in [-0.2, -0.15) is 0 Å². The van der Waals surface area contributed by atoms with E-state index in [1.807, 2.05) is 18.2 Å². The van der Waals surface area contributed by atoms with E-state index in [-0.39, 0.29) is 5.91 Å². The molecule has 6 nitrogen and oxygen atoms in total. The average Bonchev–Trinajstić information content (AvgIpc) is 3.25. The fourth-order valence-corrected chi connectivity index (χ4v) is 2.68. The van der Waals surface area contributed by atoms with Crippen molar-refractivity contribution in [1.82, 2.24) is 15.2 Å². The van der Waals surface area contributed by atoms with Gasteiger partial charge in [-0.15, -0.1) is 0 Å². The maximum atomic E-state index is 12.0. The standard InChI is InChI=1S/C17H22N4O2/c22-17(20-9-8-19-14-4-3-7-18-12-14)16-6-5-15(23-16)13-21-10-1-2-11-21/h3-7,12,19H,1-2,8-11,13H2,(H,20,22). The number of likely N-dealkylation sites (tertiary alicyclic amines) is 1. The van der Waals surface area contributed by atoms with Gasteiger partial charge in [0.15, 0.2) is 5.76 Å². The topological polar surface area (TPSA) is 70.4 Å². The molecule has 3 rings (SSSR count). The minimum atomic E-state index is -0.175. The van der Waals surface area contributed by atoms with Crippen molar-refractivity contribution in [2.45, 2.75) is 19.4 Å². The fraction of sp³-hybridized carbons (Fsp3) is 0.412. The van der Waals surface area contributed by atoms with Gasteiger partial charge in [-0.05, 0) is 50.2 Å². The minimum Gasteiger partial charge on any atom is -0.455 e. The molecule has 23 heavy (non-hydrogen) atoms. The number of aromatic nitrogens is 1. The van der Waals surface area contributed by atoms with Crippen molar-refractivity contribution in [2.75, 3.05) is 31.5 Å². The first-order valence-electron chi connectivity index (χ1n) is 8.04. The van der Waals surface area contributed by atoms with Gasteiger partial charge in [0, 0.05) is 25.5 Å². The quantitative estimate of drug-likeness (QED) is 0.766. The molecule has 122 valence electrons. The van der Waals surface area contributed by atoms with Crippen LogP contribution in [-0.2, 0) is 6.54 Å².